The maximum atomic E-state index is 11.9. The monoisotopic (exact) mass is 318 g/mol. The number of methoxy groups -OCH3 is 1. The third kappa shape index (κ3) is 4.60. The van der Waals surface area contributed by atoms with E-state index in [9.17, 15) is 9.59 Å². The van der Waals surface area contributed by atoms with Gasteiger partial charge in [0.15, 0.2) is 0 Å². The second kappa shape index (κ2) is 8.19. The molecule has 0 fully saturated rings. The van der Waals surface area contributed by atoms with E-state index >= 15 is 0 Å². The molecule has 1 heterocycles. The molecule has 1 aromatic heterocycles. The van der Waals surface area contributed by atoms with E-state index in [1.165, 1.54) is 11.3 Å². The molecule has 0 bridgehead atoms. The minimum absolute atomic E-state index is 0.0971. The Bertz CT molecular complexity index is 626. The van der Waals surface area contributed by atoms with E-state index in [0.29, 0.717) is 35.7 Å². The second-order valence-electron chi connectivity index (χ2n) is 4.59. The van der Waals surface area contributed by atoms with Crippen LogP contribution in [0.5, 0.6) is 5.75 Å². The van der Waals surface area contributed by atoms with Crippen LogP contribution >= 0.6 is 11.3 Å². The largest absolute Gasteiger partial charge is 0.495 e. The van der Waals surface area contributed by atoms with Gasteiger partial charge in [0.05, 0.1) is 17.7 Å². The van der Waals surface area contributed by atoms with Gasteiger partial charge in [-0.2, -0.15) is 0 Å². The normalized spacial score (nSPS) is 10.0. The highest BCUT2D eigenvalue weighted by atomic mass is 32.1. The Balaban J connectivity index is 1.71. The van der Waals surface area contributed by atoms with Crippen molar-refractivity contribution in [2.24, 2.45) is 0 Å². The summed E-state index contributed by atoms with van der Waals surface area (Å²) < 4.78 is 5.17. The number of ether oxygens (including phenoxy) is 1. The van der Waals surface area contributed by atoms with E-state index in [2.05, 4.69) is 10.6 Å². The van der Waals surface area contributed by atoms with Gasteiger partial charge in [-0.25, -0.2) is 0 Å². The Kier molecular flexibility index (Phi) is 5.97. The van der Waals surface area contributed by atoms with Crippen LogP contribution in [0.3, 0.4) is 0 Å². The van der Waals surface area contributed by atoms with Crippen LogP contribution in [0, 0.1) is 0 Å². The lowest BCUT2D eigenvalue weighted by atomic mass is 10.2. The van der Waals surface area contributed by atoms with Crippen LogP contribution in [0.1, 0.15) is 22.5 Å². The van der Waals surface area contributed by atoms with Crippen molar-refractivity contribution in [3.8, 4) is 5.75 Å². The van der Waals surface area contributed by atoms with Crippen molar-refractivity contribution in [3.63, 3.8) is 0 Å². The SMILES string of the molecule is COc1ccccc1NC(=O)CCCNC(=O)c1cccs1. The predicted molar refractivity (Wildman–Crippen MR) is 87.5 cm³/mol. The van der Waals surface area contributed by atoms with Gasteiger partial charge in [-0.15, -0.1) is 11.3 Å². The van der Waals surface area contributed by atoms with Crippen LogP contribution in [0.2, 0.25) is 0 Å². The lowest BCUT2D eigenvalue weighted by molar-refractivity contribution is -0.116. The Labute approximate surface area is 133 Å². The smallest absolute Gasteiger partial charge is 0.261 e. The van der Waals surface area contributed by atoms with Crippen LogP contribution in [0.15, 0.2) is 41.8 Å². The number of carbonyl (C=O) groups excluding carboxylic acids is 2. The van der Waals surface area contributed by atoms with E-state index in [4.69, 9.17) is 4.74 Å². The topological polar surface area (TPSA) is 67.4 Å². The number of hydrogen-bond acceptors (Lipinski definition) is 4. The second-order valence-corrected chi connectivity index (χ2v) is 5.53. The molecule has 0 saturated heterocycles. The molecule has 1 aromatic carbocycles. The Morgan fingerprint density at radius 2 is 2.00 bits per heavy atom. The van der Waals surface area contributed by atoms with Crippen LogP contribution in [0.25, 0.3) is 0 Å². The molecule has 0 spiro atoms. The molecule has 0 atom stereocenters. The van der Waals surface area contributed by atoms with Crippen molar-refractivity contribution in [2.75, 3.05) is 19.0 Å². The highest BCUT2D eigenvalue weighted by Gasteiger charge is 2.08. The van der Waals surface area contributed by atoms with Crippen molar-refractivity contribution in [2.45, 2.75) is 12.8 Å². The highest BCUT2D eigenvalue weighted by molar-refractivity contribution is 7.12. The summed E-state index contributed by atoms with van der Waals surface area (Å²) in [6.07, 6.45) is 0.918. The van der Waals surface area contributed by atoms with Gasteiger partial charge >= 0.3 is 0 Å². The first-order valence-electron chi connectivity index (χ1n) is 6.95. The fraction of sp³-hybridized carbons (Fsp3) is 0.250. The summed E-state index contributed by atoms with van der Waals surface area (Å²) in [7, 11) is 1.56. The van der Waals surface area contributed by atoms with E-state index in [-0.39, 0.29) is 11.8 Å². The molecular formula is C16H18N2O3S. The van der Waals surface area contributed by atoms with Gasteiger partial charge in [-0.05, 0) is 30.0 Å². The minimum atomic E-state index is -0.102. The molecule has 0 aliphatic rings. The number of carbonyl (C=O) groups is 2. The van der Waals surface area contributed by atoms with Crippen LogP contribution < -0.4 is 15.4 Å². The summed E-state index contributed by atoms with van der Waals surface area (Å²) >= 11 is 1.40. The molecule has 22 heavy (non-hydrogen) atoms. The fourth-order valence-electron chi connectivity index (χ4n) is 1.91. The molecule has 2 aromatic rings. The lowest BCUT2D eigenvalue weighted by Gasteiger charge is -2.09. The van der Waals surface area contributed by atoms with E-state index < -0.39 is 0 Å². The van der Waals surface area contributed by atoms with Gasteiger partial charge in [0.25, 0.3) is 5.91 Å². The Hall–Kier alpha value is -2.34. The highest BCUT2D eigenvalue weighted by Crippen LogP contribution is 2.23. The number of amides is 2. The number of nitrogens with one attached hydrogen (secondary N) is 2. The zero-order chi connectivity index (χ0) is 15.8. The lowest BCUT2D eigenvalue weighted by Crippen LogP contribution is -2.24. The zero-order valence-corrected chi connectivity index (χ0v) is 13.1. The molecule has 2 rings (SSSR count). The van der Waals surface area contributed by atoms with Gasteiger partial charge < -0.3 is 15.4 Å². The number of hydrogen-bond donors (Lipinski definition) is 2. The average Bonchev–Trinajstić information content (AvgIpc) is 3.06. The molecular weight excluding hydrogens is 300 g/mol. The number of para-hydroxylation sites is 2. The molecule has 0 radical (unpaired) electrons. The summed E-state index contributed by atoms with van der Waals surface area (Å²) in [4.78, 5) is 24.3. The summed E-state index contributed by atoms with van der Waals surface area (Å²) in [5.74, 6) is 0.428. The first kappa shape index (κ1) is 16.0. The van der Waals surface area contributed by atoms with Crippen LogP contribution in [-0.4, -0.2) is 25.5 Å². The molecule has 0 aliphatic carbocycles. The Morgan fingerprint density at radius 1 is 1.18 bits per heavy atom. The third-order valence-corrected chi connectivity index (χ3v) is 3.86. The maximum Gasteiger partial charge on any atom is 0.261 e. The summed E-state index contributed by atoms with van der Waals surface area (Å²) in [6.45, 7) is 0.468. The third-order valence-electron chi connectivity index (χ3n) is 2.99. The number of anilines is 1. The van der Waals surface area contributed by atoms with Gasteiger partial charge in [-0.3, -0.25) is 9.59 Å². The molecule has 0 unspecified atom stereocenters. The first-order chi connectivity index (χ1) is 10.7. The number of benzene rings is 1. The summed E-state index contributed by atoms with van der Waals surface area (Å²) in [5, 5.41) is 7.45. The first-order valence-corrected chi connectivity index (χ1v) is 7.83. The minimum Gasteiger partial charge on any atom is -0.495 e. The van der Waals surface area contributed by atoms with Gasteiger partial charge in [-0.1, -0.05) is 18.2 Å². The van der Waals surface area contributed by atoms with Gasteiger partial charge in [0, 0.05) is 13.0 Å². The Morgan fingerprint density at radius 3 is 2.73 bits per heavy atom. The summed E-state index contributed by atoms with van der Waals surface area (Å²) in [5.41, 5.74) is 0.651. The molecule has 0 aliphatic heterocycles. The van der Waals surface area contributed by atoms with Crippen LogP contribution in [0.4, 0.5) is 5.69 Å². The quantitative estimate of drug-likeness (QED) is 0.771. The van der Waals surface area contributed by atoms with Gasteiger partial charge in [0.1, 0.15) is 5.75 Å². The molecule has 116 valence electrons. The van der Waals surface area contributed by atoms with Crippen LogP contribution in [-0.2, 0) is 4.79 Å². The van der Waals surface area contributed by atoms with E-state index in [0.717, 1.165) is 0 Å². The van der Waals surface area contributed by atoms with Gasteiger partial charge in [0.2, 0.25) is 5.91 Å². The summed E-state index contributed by atoms with van der Waals surface area (Å²) in [6, 6.07) is 10.9. The standard InChI is InChI=1S/C16H18N2O3S/c1-21-13-7-3-2-6-12(13)18-15(19)9-4-10-17-16(20)14-8-5-11-22-14/h2-3,5-8,11H,4,9-10H2,1H3,(H,17,20)(H,18,19). The van der Waals surface area contributed by atoms with E-state index in [1.807, 2.05) is 23.6 Å². The average molecular weight is 318 g/mol. The zero-order valence-electron chi connectivity index (χ0n) is 12.3. The van der Waals surface area contributed by atoms with Crippen molar-refractivity contribution >= 4 is 28.8 Å². The van der Waals surface area contributed by atoms with Crippen molar-refractivity contribution in [1.82, 2.24) is 5.32 Å². The number of thiophene rings is 1. The molecule has 0 saturated carbocycles. The molecule has 5 nitrogen and oxygen atoms in total. The molecule has 2 amide bonds. The van der Waals surface area contributed by atoms with Crippen molar-refractivity contribution in [1.29, 1.82) is 0 Å². The van der Waals surface area contributed by atoms with Crippen molar-refractivity contribution in [3.05, 3.63) is 46.7 Å². The fourth-order valence-corrected chi connectivity index (χ4v) is 2.55. The maximum absolute atomic E-state index is 11.9. The van der Waals surface area contributed by atoms with E-state index in [1.54, 1.807) is 25.3 Å². The number of rotatable bonds is 7. The molecule has 6 heteroatoms. The molecule has 2 N–H and O–H groups in total. The predicted octanol–water partition coefficient (Wildman–Crippen LogP) is 2.91. The van der Waals surface area contributed by atoms with Crippen molar-refractivity contribution < 1.29 is 14.3 Å².